The topological polar surface area (TPSA) is 67.4 Å². The molecule has 1 aromatic rings. The molecule has 0 radical (unpaired) electrons. The standard InChI is InChI=1S/C14H24N2O3S2/c1-10(2)15-8-12-7-13(9-20-12)21(17,18)16-11(3)14-5-4-6-19-14/h7,9-11,14-16H,4-6,8H2,1-3H3. The Hall–Kier alpha value is -0.470. The molecule has 7 heteroatoms. The molecular weight excluding hydrogens is 308 g/mol. The zero-order valence-electron chi connectivity index (χ0n) is 12.8. The molecule has 0 saturated carbocycles. The van der Waals surface area contributed by atoms with Crippen molar-refractivity contribution in [2.75, 3.05) is 6.61 Å². The number of nitrogens with one attached hydrogen (secondary N) is 2. The lowest BCUT2D eigenvalue weighted by Gasteiger charge is -2.19. The Morgan fingerprint density at radius 2 is 2.19 bits per heavy atom. The summed E-state index contributed by atoms with van der Waals surface area (Å²) >= 11 is 1.46. The third-order valence-electron chi connectivity index (χ3n) is 3.49. The molecule has 2 N–H and O–H groups in total. The second-order valence-corrected chi connectivity index (χ2v) is 8.46. The Balaban J connectivity index is 1.98. The minimum atomic E-state index is -3.46. The molecule has 0 spiro atoms. The molecule has 2 rings (SSSR count). The van der Waals surface area contributed by atoms with E-state index in [9.17, 15) is 8.42 Å². The average Bonchev–Trinajstić information content (AvgIpc) is 3.07. The normalized spacial score (nSPS) is 21.0. The van der Waals surface area contributed by atoms with Gasteiger partial charge >= 0.3 is 0 Å². The van der Waals surface area contributed by atoms with Crippen LogP contribution in [0.15, 0.2) is 16.3 Å². The highest BCUT2D eigenvalue weighted by molar-refractivity contribution is 7.89. The maximum Gasteiger partial charge on any atom is 0.241 e. The fraction of sp³-hybridized carbons (Fsp3) is 0.714. The first-order chi connectivity index (χ1) is 9.88. The average molecular weight is 332 g/mol. The largest absolute Gasteiger partial charge is 0.377 e. The van der Waals surface area contributed by atoms with Crippen molar-refractivity contribution in [3.8, 4) is 0 Å². The van der Waals surface area contributed by atoms with Crippen LogP contribution in [0.3, 0.4) is 0 Å². The molecular formula is C14H24N2O3S2. The van der Waals surface area contributed by atoms with Gasteiger partial charge in [-0.3, -0.25) is 0 Å². The summed E-state index contributed by atoms with van der Waals surface area (Å²) in [5.41, 5.74) is 0. The molecule has 1 fully saturated rings. The van der Waals surface area contributed by atoms with Crippen LogP contribution < -0.4 is 10.0 Å². The van der Waals surface area contributed by atoms with Gasteiger partial charge in [0.05, 0.1) is 11.0 Å². The molecule has 0 bridgehead atoms. The smallest absolute Gasteiger partial charge is 0.241 e. The predicted octanol–water partition coefficient (Wildman–Crippen LogP) is 2.09. The molecule has 5 nitrogen and oxygen atoms in total. The van der Waals surface area contributed by atoms with E-state index in [1.165, 1.54) is 11.3 Å². The Morgan fingerprint density at radius 3 is 2.81 bits per heavy atom. The maximum atomic E-state index is 12.4. The molecule has 120 valence electrons. The molecule has 1 aromatic heterocycles. The van der Waals surface area contributed by atoms with E-state index in [1.54, 1.807) is 11.4 Å². The second-order valence-electron chi connectivity index (χ2n) is 5.75. The molecule has 0 amide bonds. The quantitative estimate of drug-likeness (QED) is 0.802. The Bertz CT molecular complexity index is 548. The fourth-order valence-corrected chi connectivity index (χ4v) is 4.78. The van der Waals surface area contributed by atoms with Gasteiger partial charge in [-0.25, -0.2) is 13.1 Å². The van der Waals surface area contributed by atoms with E-state index >= 15 is 0 Å². The first-order valence-corrected chi connectivity index (χ1v) is 9.69. The van der Waals surface area contributed by atoms with Crippen LogP contribution in [0.1, 0.15) is 38.5 Å². The van der Waals surface area contributed by atoms with Crippen molar-refractivity contribution in [3.05, 3.63) is 16.3 Å². The van der Waals surface area contributed by atoms with Crippen LogP contribution in [-0.2, 0) is 21.3 Å². The van der Waals surface area contributed by atoms with Crippen molar-refractivity contribution in [3.63, 3.8) is 0 Å². The van der Waals surface area contributed by atoms with Gasteiger partial charge in [0.25, 0.3) is 0 Å². The van der Waals surface area contributed by atoms with Crippen LogP contribution in [0.25, 0.3) is 0 Å². The molecule has 0 aromatic carbocycles. The molecule has 2 heterocycles. The minimum Gasteiger partial charge on any atom is -0.377 e. The lowest BCUT2D eigenvalue weighted by atomic mass is 10.1. The highest BCUT2D eigenvalue weighted by Gasteiger charge is 2.27. The predicted molar refractivity (Wildman–Crippen MR) is 85.1 cm³/mol. The van der Waals surface area contributed by atoms with E-state index in [-0.39, 0.29) is 12.1 Å². The van der Waals surface area contributed by atoms with E-state index in [2.05, 4.69) is 23.9 Å². The zero-order chi connectivity index (χ0) is 15.5. The van der Waals surface area contributed by atoms with Crippen LogP contribution in [0.2, 0.25) is 0 Å². The van der Waals surface area contributed by atoms with E-state index in [0.29, 0.717) is 17.5 Å². The molecule has 2 atom stereocenters. The Kier molecular flexibility index (Phi) is 5.79. The van der Waals surface area contributed by atoms with Gasteiger partial charge in [0.2, 0.25) is 10.0 Å². The minimum absolute atomic E-state index is 0.0134. The summed E-state index contributed by atoms with van der Waals surface area (Å²) in [7, 11) is -3.46. The van der Waals surface area contributed by atoms with Gasteiger partial charge in [0.1, 0.15) is 0 Å². The highest BCUT2D eigenvalue weighted by atomic mass is 32.2. The fourth-order valence-electron chi connectivity index (χ4n) is 2.28. The third kappa shape index (κ3) is 4.75. The maximum absolute atomic E-state index is 12.4. The van der Waals surface area contributed by atoms with Gasteiger partial charge in [-0.15, -0.1) is 11.3 Å². The summed E-state index contributed by atoms with van der Waals surface area (Å²) in [6, 6.07) is 1.92. The van der Waals surface area contributed by atoms with Crippen molar-refractivity contribution in [2.45, 2.75) is 63.2 Å². The first kappa shape index (κ1) is 16.9. The molecule has 1 saturated heterocycles. The number of thiophene rings is 1. The van der Waals surface area contributed by atoms with Crippen molar-refractivity contribution >= 4 is 21.4 Å². The number of ether oxygens (including phenoxy) is 1. The molecule has 21 heavy (non-hydrogen) atoms. The summed E-state index contributed by atoms with van der Waals surface area (Å²) in [5.74, 6) is 0. The van der Waals surface area contributed by atoms with Crippen molar-refractivity contribution in [1.82, 2.24) is 10.0 Å². The molecule has 1 aliphatic heterocycles. The van der Waals surface area contributed by atoms with E-state index in [4.69, 9.17) is 4.74 Å². The lowest BCUT2D eigenvalue weighted by molar-refractivity contribution is 0.0902. The summed E-state index contributed by atoms with van der Waals surface area (Å²) in [5, 5.41) is 4.98. The van der Waals surface area contributed by atoms with E-state index in [1.807, 2.05) is 6.92 Å². The second kappa shape index (κ2) is 7.19. The third-order valence-corrected chi connectivity index (χ3v) is 6.11. The van der Waals surface area contributed by atoms with Gasteiger partial charge in [0, 0.05) is 35.5 Å². The highest BCUT2D eigenvalue weighted by Crippen LogP contribution is 2.21. The summed E-state index contributed by atoms with van der Waals surface area (Å²) in [4.78, 5) is 1.37. The van der Waals surface area contributed by atoms with Crippen LogP contribution in [0.4, 0.5) is 0 Å². The zero-order valence-corrected chi connectivity index (χ0v) is 14.4. The first-order valence-electron chi connectivity index (χ1n) is 7.33. The van der Waals surface area contributed by atoms with Crippen molar-refractivity contribution in [1.29, 1.82) is 0 Å². The van der Waals surface area contributed by atoms with E-state index < -0.39 is 10.0 Å². The molecule has 2 unspecified atom stereocenters. The molecule has 0 aliphatic carbocycles. The van der Waals surface area contributed by atoms with E-state index in [0.717, 1.165) is 24.3 Å². The lowest BCUT2D eigenvalue weighted by Crippen LogP contribution is -2.40. The van der Waals surface area contributed by atoms with Crippen LogP contribution in [-0.4, -0.2) is 33.2 Å². The van der Waals surface area contributed by atoms with Gasteiger partial charge in [-0.1, -0.05) is 13.8 Å². The van der Waals surface area contributed by atoms with Crippen LogP contribution in [0, 0.1) is 0 Å². The number of hydrogen-bond donors (Lipinski definition) is 2. The van der Waals surface area contributed by atoms with Gasteiger partial charge in [0.15, 0.2) is 0 Å². The number of rotatable bonds is 7. The number of sulfonamides is 1. The summed E-state index contributed by atoms with van der Waals surface area (Å²) < 4.78 is 33.0. The Labute approximate surface area is 131 Å². The molecule has 1 aliphatic rings. The van der Waals surface area contributed by atoms with Crippen molar-refractivity contribution < 1.29 is 13.2 Å². The SMILES string of the molecule is CC(C)NCc1cc(S(=O)(=O)NC(C)C2CCCO2)cs1. The van der Waals surface area contributed by atoms with Gasteiger partial charge in [-0.05, 0) is 25.8 Å². The number of hydrogen-bond acceptors (Lipinski definition) is 5. The Morgan fingerprint density at radius 1 is 1.43 bits per heavy atom. The van der Waals surface area contributed by atoms with Gasteiger partial charge < -0.3 is 10.1 Å². The van der Waals surface area contributed by atoms with Crippen LogP contribution >= 0.6 is 11.3 Å². The summed E-state index contributed by atoms with van der Waals surface area (Å²) in [6.45, 7) is 7.41. The van der Waals surface area contributed by atoms with Crippen LogP contribution in [0.5, 0.6) is 0 Å². The van der Waals surface area contributed by atoms with Crippen molar-refractivity contribution in [2.24, 2.45) is 0 Å². The summed E-state index contributed by atoms with van der Waals surface area (Å²) in [6.07, 6.45) is 1.90. The monoisotopic (exact) mass is 332 g/mol. The van der Waals surface area contributed by atoms with Gasteiger partial charge in [-0.2, -0.15) is 0 Å².